The topological polar surface area (TPSA) is 82.9 Å². The van der Waals surface area contributed by atoms with E-state index in [9.17, 15) is 9.18 Å². The number of rotatable bonds is 4. The minimum Gasteiger partial charge on any atom is -0.346 e. The second-order valence-electron chi connectivity index (χ2n) is 8.79. The summed E-state index contributed by atoms with van der Waals surface area (Å²) in [5, 5.41) is 5.54. The average Bonchev–Trinajstić information content (AvgIpc) is 3.47. The molecular formula is C24H22BrFN7O. The van der Waals surface area contributed by atoms with Crippen molar-refractivity contribution in [2.24, 2.45) is 0 Å². The molecule has 0 atom stereocenters. The number of piperidine rings is 1. The van der Waals surface area contributed by atoms with E-state index in [1.807, 2.05) is 34.2 Å². The monoisotopic (exact) mass is 522 g/mol. The lowest BCUT2D eigenvalue weighted by Gasteiger charge is -2.46. The second-order valence-corrected chi connectivity index (χ2v) is 9.70. The molecule has 34 heavy (non-hydrogen) atoms. The molecule has 8 nitrogen and oxygen atoms in total. The van der Waals surface area contributed by atoms with Gasteiger partial charge in [-0.1, -0.05) is 15.9 Å². The normalized spacial score (nSPS) is 17.9. The average molecular weight is 523 g/mol. The molecule has 0 aliphatic carbocycles. The first-order chi connectivity index (χ1) is 16.5. The first-order valence-electron chi connectivity index (χ1n) is 11.2. The van der Waals surface area contributed by atoms with E-state index >= 15 is 0 Å². The van der Waals surface area contributed by atoms with Crippen molar-refractivity contribution >= 4 is 32.9 Å². The molecular weight excluding hydrogens is 501 g/mol. The molecule has 2 aliphatic rings. The van der Waals surface area contributed by atoms with Crippen LogP contribution < -0.4 is 0 Å². The molecule has 0 unspecified atom stereocenters. The summed E-state index contributed by atoms with van der Waals surface area (Å²) in [5.74, 6) is -0.518. The molecule has 10 heteroatoms. The summed E-state index contributed by atoms with van der Waals surface area (Å²) in [6.45, 7) is 3.07. The Balaban J connectivity index is 1.05. The van der Waals surface area contributed by atoms with Crippen LogP contribution in [0.5, 0.6) is 0 Å². The number of likely N-dealkylation sites (tertiary alicyclic amines) is 2. The molecule has 173 valence electrons. The first-order valence-corrected chi connectivity index (χ1v) is 12.0. The van der Waals surface area contributed by atoms with Crippen LogP contribution in [0.1, 0.15) is 23.2 Å². The van der Waals surface area contributed by atoms with Gasteiger partial charge in [-0.15, -0.1) is 0 Å². The molecule has 5 heterocycles. The van der Waals surface area contributed by atoms with Crippen LogP contribution in [0.15, 0.2) is 53.7 Å². The summed E-state index contributed by atoms with van der Waals surface area (Å²) in [4.78, 5) is 28.9. The van der Waals surface area contributed by atoms with E-state index in [0.717, 1.165) is 48.2 Å². The number of hydrogen-bond acceptors (Lipinski definition) is 5. The van der Waals surface area contributed by atoms with Crippen LogP contribution in [-0.2, 0) is 0 Å². The van der Waals surface area contributed by atoms with Crippen LogP contribution in [0.3, 0.4) is 0 Å². The molecule has 1 aromatic carbocycles. The van der Waals surface area contributed by atoms with Crippen molar-refractivity contribution in [3.8, 4) is 11.3 Å². The smallest absolute Gasteiger partial charge is 0.253 e. The van der Waals surface area contributed by atoms with Gasteiger partial charge in [0.15, 0.2) is 0 Å². The third kappa shape index (κ3) is 3.90. The van der Waals surface area contributed by atoms with E-state index < -0.39 is 5.82 Å². The molecule has 4 aromatic rings. The number of carbonyl (C=O) groups is 1. The predicted molar refractivity (Wildman–Crippen MR) is 128 cm³/mol. The Hall–Kier alpha value is -3.11. The molecule has 2 aliphatic heterocycles. The van der Waals surface area contributed by atoms with Crippen LogP contribution in [0.4, 0.5) is 4.39 Å². The minimum absolute atomic E-state index is 0.111. The van der Waals surface area contributed by atoms with E-state index in [1.54, 1.807) is 12.4 Å². The highest BCUT2D eigenvalue weighted by Gasteiger charge is 2.37. The quantitative estimate of drug-likeness (QED) is 0.441. The van der Waals surface area contributed by atoms with Crippen molar-refractivity contribution in [1.82, 2.24) is 34.5 Å². The maximum absolute atomic E-state index is 13.7. The summed E-state index contributed by atoms with van der Waals surface area (Å²) in [6, 6.07) is 7.99. The van der Waals surface area contributed by atoms with Gasteiger partial charge >= 0.3 is 0 Å². The number of carbonyl (C=O) groups excluding carboxylic acids is 1. The SMILES string of the molecule is O=C(c1cc(F)cc(Br)c1)N1CCC(N2C[C](n3cc(-c4ncnc5[nH]ccc45)cn3)C2)CC1. The van der Waals surface area contributed by atoms with Gasteiger partial charge in [-0.2, -0.15) is 5.10 Å². The van der Waals surface area contributed by atoms with E-state index in [2.05, 4.69) is 40.9 Å². The van der Waals surface area contributed by atoms with Crippen molar-refractivity contribution in [3.63, 3.8) is 0 Å². The summed E-state index contributed by atoms with van der Waals surface area (Å²) >= 11 is 3.26. The fourth-order valence-corrected chi connectivity index (χ4v) is 5.31. The van der Waals surface area contributed by atoms with E-state index in [0.29, 0.717) is 29.2 Å². The van der Waals surface area contributed by atoms with Gasteiger partial charge in [0.1, 0.15) is 23.8 Å². The molecule has 1 N–H and O–H groups in total. The summed E-state index contributed by atoms with van der Waals surface area (Å²) in [7, 11) is 0. The van der Waals surface area contributed by atoms with Crippen LogP contribution in [0.25, 0.3) is 22.3 Å². The van der Waals surface area contributed by atoms with Gasteiger partial charge in [0.25, 0.3) is 5.91 Å². The van der Waals surface area contributed by atoms with Crippen molar-refractivity contribution in [2.45, 2.75) is 18.9 Å². The molecule has 1 amide bonds. The lowest BCUT2D eigenvalue weighted by atomic mass is 9.97. The van der Waals surface area contributed by atoms with E-state index in [-0.39, 0.29) is 5.91 Å². The molecule has 2 fully saturated rings. The molecule has 2 saturated heterocycles. The number of nitrogens with one attached hydrogen (secondary N) is 1. The Morgan fingerprint density at radius 1 is 1.15 bits per heavy atom. The van der Waals surface area contributed by atoms with Crippen LogP contribution in [-0.4, -0.2) is 72.7 Å². The van der Waals surface area contributed by atoms with Gasteiger partial charge < -0.3 is 9.88 Å². The number of benzene rings is 1. The zero-order valence-corrected chi connectivity index (χ0v) is 19.9. The number of halogens is 2. The first kappa shape index (κ1) is 21.4. The molecule has 1 radical (unpaired) electrons. The van der Waals surface area contributed by atoms with Gasteiger partial charge in [0.2, 0.25) is 0 Å². The number of aromatic nitrogens is 5. The van der Waals surface area contributed by atoms with Gasteiger partial charge in [0.05, 0.1) is 11.9 Å². The number of aromatic amines is 1. The lowest BCUT2D eigenvalue weighted by Crippen LogP contribution is -2.56. The number of hydrogen-bond donors (Lipinski definition) is 1. The third-order valence-electron chi connectivity index (χ3n) is 6.68. The van der Waals surface area contributed by atoms with Gasteiger partial charge in [-0.3, -0.25) is 14.4 Å². The van der Waals surface area contributed by atoms with Gasteiger partial charge in [-0.25, -0.2) is 14.4 Å². The number of amides is 1. The van der Waals surface area contributed by atoms with Crippen molar-refractivity contribution in [3.05, 3.63) is 71.1 Å². The summed E-state index contributed by atoms with van der Waals surface area (Å²) in [6.07, 6.45) is 9.12. The maximum Gasteiger partial charge on any atom is 0.253 e. The highest BCUT2D eigenvalue weighted by molar-refractivity contribution is 9.10. The Morgan fingerprint density at radius 2 is 1.97 bits per heavy atom. The lowest BCUT2D eigenvalue weighted by molar-refractivity contribution is 0.0514. The number of nitrogens with zero attached hydrogens (tertiary/aromatic N) is 6. The second kappa shape index (κ2) is 8.59. The Labute approximate surface area is 203 Å². The Bertz CT molecular complexity index is 1330. The highest BCUT2D eigenvalue weighted by Crippen LogP contribution is 2.30. The van der Waals surface area contributed by atoms with Crippen molar-refractivity contribution in [1.29, 1.82) is 0 Å². The standard InChI is InChI=1S/C24H22BrFN7O/c25-17-7-15(8-18(26)9-17)24(34)31-5-2-19(3-6-31)32-12-20(13-32)33-11-16(10-30-33)22-21-1-4-27-23(21)29-14-28-22/h1,4,7-11,14,19H,2-3,5-6,12-13H2,(H,27,28,29). The summed E-state index contributed by atoms with van der Waals surface area (Å²) in [5.41, 5.74) is 3.04. The van der Waals surface area contributed by atoms with Crippen LogP contribution >= 0.6 is 15.9 Å². The van der Waals surface area contributed by atoms with E-state index in [4.69, 9.17) is 0 Å². The molecule has 3 aromatic heterocycles. The van der Waals surface area contributed by atoms with Crippen molar-refractivity contribution < 1.29 is 9.18 Å². The van der Waals surface area contributed by atoms with Gasteiger partial charge in [-0.05, 0) is 37.1 Å². The summed E-state index contributed by atoms with van der Waals surface area (Å²) < 4.78 is 16.2. The molecule has 0 spiro atoms. The predicted octanol–water partition coefficient (Wildman–Crippen LogP) is 3.72. The van der Waals surface area contributed by atoms with Crippen LogP contribution in [0.2, 0.25) is 0 Å². The number of H-pyrrole nitrogens is 1. The number of fused-ring (bicyclic) bond motifs is 1. The molecule has 0 bridgehead atoms. The van der Waals surface area contributed by atoms with Crippen molar-refractivity contribution in [2.75, 3.05) is 26.2 Å². The minimum atomic E-state index is -0.407. The van der Waals surface area contributed by atoms with Crippen LogP contribution in [0, 0.1) is 11.9 Å². The maximum atomic E-state index is 13.7. The third-order valence-corrected chi connectivity index (χ3v) is 7.14. The fraction of sp³-hybridized carbons (Fsp3) is 0.292. The largest absolute Gasteiger partial charge is 0.346 e. The fourth-order valence-electron chi connectivity index (χ4n) is 4.84. The van der Waals surface area contributed by atoms with E-state index in [1.165, 1.54) is 18.2 Å². The zero-order chi connectivity index (χ0) is 23.2. The molecule has 0 saturated carbocycles. The highest BCUT2D eigenvalue weighted by atomic mass is 79.9. The molecule has 6 rings (SSSR count). The Kier molecular flexibility index (Phi) is 5.41. The van der Waals surface area contributed by atoms with Gasteiger partial charge in [0, 0.05) is 65.6 Å². The zero-order valence-electron chi connectivity index (χ0n) is 18.3. The Morgan fingerprint density at radius 3 is 2.76 bits per heavy atom.